The van der Waals surface area contributed by atoms with Gasteiger partial charge in [-0.25, -0.2) is 9.97 Å². The van der Waals surface area contributed by atoms with Crippen molar-refractivity contribution < 1.29 is 15.0 Å². The summed E-state index contributed by atoms with van der Waals surface area (Å²) in [6, 6.07) is 0.0603. The van der Waals surface area contributed by atoms with Crippen LogP contribution in [0.5, 0.6) is 11.6 Å². The van der Waals surface area contributed by atoms with Crippen molar-refractivity contribution in [2.45, 2.75) is 45.1 Å². The summed E-state index contributed by atoms with van der Waals surface area (Å²) in [5, 5.41) is 22.8. The largest absolute Gasteiger partial charge is 0.501 e. The van der Waals surface area contributed by atoms with E-state index in [0.717, 1.165) is 38.0 Å². The van der Waals surface area contributed by atoms with E-state index in [-0.39, 0.29) is 17.6 Å². The maximum Gasteiger partial charge on any atom is 0.274 e. The summed E-state index contributed by atoms with van der Waals surface area (Å²) in [5.74, 6) is -0.932. The zero-order valence-electron chi connectivity index (χ0n) is 14.4. The Morgan fingerprint density at radius 3 is 2.60 bits per heavy atom. The normalized spacial score (nSPS) is 20.4. The lowest BCUT2D eigenvalue weighted by atomic mass is 9.84. The van der Waals surface area contributed by atoms with E-state index in [9.17, 15) is 15.0 Å². The molecular weight excluding hydrogens is 322 g/mol. The average Bonchev–Trinajstić information content (AvgIpc) is 3.04. The fraction of sp³-hybridized carbons (Fsp3) is 0.529. The highest BCUT2D eigenvalue weighted by molar-refractivity contribution is 5.96. The summed E-state index contributed by atoms with van der Waals surface area (Å²) in [4.78, 5) is 24.5. The van der Waals surface area contributed by atoms with Gasteiger partial charge in [0, 0.05) is 19.3 Å². The van der Waals surface area contributed by atoms with Crippen LogP contribution in [-0.2, 0) is 7.05 Å². The van der Waals surface area contributed by atoms with Crippen molar-refractivity contribution >= 4 is 5.91 Å². The highest BCUT2D eigenvalue weighted by Crippen LogP contribution is 2.30. The minimum atomic E-state index is -0.629. The Hall–Kier alpha value is -2.64. The lowest BCUT2D eigenvalue weighted by Crippen LogP contribution is -2.38. The van der Waals surface area contributed by atoms with E-state index in [1.165, 1.54) is 0 Å². The molecule has 3 N–H and O–H groups in total. The molecule has 1 fully saturated rings. The molecule has 2 aromatic heterocycles. The van der Waals surface area contributed by atoms with E-state index in [1.54, 1.807) is 24.1 Å². The molecule has 3 rings (SSSR count). The molecule has 0 spiro atoms. The molecule has 25 heavy (non-hydrogen) atoms. The van der Waals surface area contributed by atoms with Gasteiger partial charge in [-0.2, -0.15) is 4.98 Å². The minimum absolute atomic E-state index is 0.0603. The Morgan fingerprint density at radius 2 is 2.00 bits per heavy atom. The Labute approximate surface area is 146 Å². The van der Waals surface area contributed by atoms with Crippen LogP contribution in [0.4, 0.5) is 0 Å². The van der Waals surface area contributed by atoms with Crippen molar-refractivity contribution in [3.63, 3.8) is 0 Å². The summed E-state index contributed by atoms with van der Waals surface area (Å²) in [6.45, 7) is 2.18. The van der Waals surface area contributed by atoms with Crippen LogP contribution < -0.4 is 5.32 Å². The third-order valence-corrected chi connectivity index (χ3v) is 4.77. The number of nitrogens with zero attached hydrogens (tertiary/aromatic N) is 4. The number of aromatic nitrogens is 4. The van der Waals surface area contributed by atoms with Crippen LogP contribution in [-0.4, -0.2) is 41.7 Å². The van der Waals surface area contributed by atoms with Gasteiger partial charge < -0.3 is 20.1 Å². The Balaban J connectivity index is 1.79. The summed E-state index contributed by atoms with van der Waals surface area (Å²) in [5.41, 5.74) is 0.182. The quantitative estimate of drug-likeness (QED) is 0.781. The topological polar surface area (TPSA) is 113 Å². The fourth-order valence-corrected chi connectivity index (χ4v) is 3.21. The number of nitrogens with one attached hydrogen (secondary N) is 1. The molecule has 2 aromatic rings. The smallest absolute Gasteiger partial charge is 0.274 e. The second kappa shape index (κ2) is 7.08. The molecule has 2 heterocycles. The van der Waals surface area contributed by atoms with Crippen molar-refractivity contribution in [1.82, 2.24) is 24.8 Å². The predicted molar refractivity (Wildman–Crippen MR) is 91.1 cm³/mol. The van der Waals surface area contributed by atoms with Crippen LogP contribution in [0.3, 0.4) is 0 Å². The maximum absolute atomic E-state index is 12.5. The molecule has 0 bridgehead atoms. The van der Waals surface area contributed by atoms with Gasteiger partial charge in [0.25, 0.3) is 11.8 Å². The molecule has 0 aromatic carbocycles. The number of aromatic hydroxyl groups is 2. The van der Waals surface area contributed by atoms with Gasteiger partial charge in [0.1, 0.15) is 5.69 Å². The number of hydrogen-bond acceptors (Lipinski definition) is 6. The molecule has 0 aliphatic heterocycles. The van der Waals surface area contributed by atoms with Gasteiger partial charge in [0.2, 0.25) is 5.75 Å². The Kier molecular flexibility index (Phi) is 4.87. The molecule has 1 saturated carbocycles. The highest BCUT2D eigenvalue weighted by Gasteiger charge is 2.25. The van der Waals surface area contributed by atoms with Crippen LogP contribution in [0.1, 0.15) is 49.5 Å². The molecule has 8 nitrogen and oxygen atoms in total. The van der Waals surface area contributed by atoms with Crippen LogP contribution in [0.2, 0.25) is 0 Å². The maximum atomic E-state index is 12.5. The zero-order chi connectivity index (χ0) is 18.0. The van der Waals surface area contributed by atoms with Crippen LogP contribution in [0.25, 0.3) is 11.5 Å². The van der Waals surface area contributed by atoms with Gasteiger partial charge in [-0.05, 0) is 31.6 Å². The van der Waals surface area contributed by atoms with Gasteiger partial charge in [-0.15, -0.1) is 0 Å². The predicted octanol–water partition coefficient (Wildman–Crippen LogP) is 1.99. The number of imidazole rings is 1. The van der Waals surface area contributed by atoms with Gasteiger partial charge in [-0.1, -0.05) is 13.3 Å². The highest BCUT2D eigenvalue weighted by atomic mass is 16.3. The second-order valence-electron chi connectivity index (χ2n) is 6.59. The number of aryl methyl sites for hydroxylation is 1. The lowest BCUT2D eigenvalue weighted by molar-refractivity contribution is 0.0912. The molecule has 1 aliphatic carbocycles. The van der Waals surface area contributed by atoms with E-state index in [2.05, 4.69) is 27.2 Å². The molecule has 0 radical (unpaired) electrons. The first-order chi connectivity index (χ1) is 12.0. The first-order valence-corrected chi connectivity index (χ1v) is 8.57. The summed E-state index contributed by atoms with van der Waals surface area (Å²) in [7, 11) is 1.79. The van der Waals surface area contributed by atoms with E-state index in [0.29, 0.717) is 5.69 Å². The number of carbonyl (C=O) groups excluding carboxylic acids is 1. The first kappa shape index (κ1) is 17.2. The number of amides is 1. The van der Waals surface area contributed by atoms with E-state index >= 15 is 0 Å². The monoisotopic (exact) mass is 345 g/mol. The number of rotatable bonds is 4. The molecule has 0 saturated heterocycles. The van der Waals surface area contributed by atoms with Gasteiger partial charge >= 0.3 is 0 Å². The summed E-state index contributed by atoms with van der Waals surface area (Å²) < 4.78 is 1.70. The molecule has 1 aliphatic rings. The Bertz CT molecular complexity index is 766. The average molecular weight is 345 g/mol. The van der Waals surface area contributed by atoms with Gasteiger partial charge in [0.15, 0.2) is 11.5 Å². The van der Waals surface area contributed by atoms with Crippen molar-refractivity contribution in [3.05, 3.63) is 18.2 Å². The summed E-state index contributed by atoms with van der Waals surface area (Å²) >= 11 is 0. The first-order valence-electron chi connectivity index (χ1n) is 8.57. The zero-order valence-corrected chi connectivity index (χ0v) is 14.4. The fourth-order valence-electron chi connectivity index (χ4n) is 3.21. The minimum Gasteiger partial charge on any atom is -0.501 e. The molecule has 0 unspecified atom stereocenters. The number of carbonyl (C=O) groups is 1. The van der Waals surface area contributed by atoms with Crippen molar-refractivity contribution in [2.75, 3.05) is 0 Å². The Morgan fingerprint density at radius 1 is 1.28 bits per heavy atom. The van der Waals surface area contributed by atoms with Crippen molar-refractivity contribution in [3.8, 4) is 23.1 Å². The van der Waals surface area contributed by atoms with Crippen LogP contribution in [0.15, 0.2) is 12.5 Å². The molecular formula is C17H23N5O3. The SMILES string of the molecule is CCC1CCC(NC(=O)c2nc(-c3cn(C)cn3)nc(O)c2O)CC1. The summed E-state index contributed by atoms with van der Waals surface area (Å²) in [6.07, 6.45) is 8.39. The third-order valence-electron chi connectivity index (χ3n) is 4.77. The van der Waals surface area contributed by atoms with Crippen molar-refractivity contribution in [2.24, 2.45) is 13.0 Å². The molecule has 8 heteroatoms. The molecule has 0 atom stereocenters. The number of hydrogen-bond donors (Lipinski definition) is 3. The molecule has 134 valence electrons. The molecule has 1 amide bonds. The van der Waals surface area contributed by atoms with Gasteiger partial charge in [0.05, 0.1) is 6.33 Å². The van der Waals surface area contributed by atoms with Gasteiger partial charge in [-0.3, -0.25) is 4.79 Å². The second-order valence-corrected chi connectivity index (χ2v) is 6.59. The van der Waals surface area contributed by atoms with E-state index in [1.807, 2.05) is 0 Å². The van der Waals surface area contributed by atoms with Crippen molar-refractivity contribution in [1.29, 1.82) is 0 Å². The third kappa shape index (κ3) is 3.72. The van der Waals surface area contributed by atoms with Crippen LogP contribution >= 0.6 is 0 Å². The standard InChI is InChI=1S/C17H23N5O3/c1-3-10-4-6-11(7-5-10)19-16(24)13-14(23)17(25)21-15(20-13)12-8-22(2)9-18-12/h8-11,23H,3-7H2,1-2H3,(H,19,24)(H,20,21,25). The lowest BCUT2D eigenvalue weighted by Gasteiger charge is -2.28. The van der Waals surface area contributed by atoms with Crippen LogP contribution in [0, 0.1) is 5.92 Å². The van der Waals surface area contributed by atoms with E-state index in [4.69, 9.17) is 0 Å². The van der Waals surface area contributed by atoms with E-state index < -0.39 is 17.5 Å².